The maximum atomic E-state index is 12.1. The predicted octanol–water partition coefficient (Wildman–Crippen LogP) is 1.31. The number of carbonyl (C=O) groups excluding carboxylic acids is 3. The first-order valence-electron chi connectivity index (χ1n) is 7.13. The van der Waals surface area contributed by atoms with Crippen molar-refractivity contribution in [1.29, 1.82) is 0 Å². The number of hydrazine groups is 1. The van der Waals surface area contributed by atoms with E-state index in [0.29, 0.717) is 16.5 Å². The van der Waals surface area contributed by atoms with E-state index in [2.05, 4.69) is 10.9 Å². The molecule has 132 valence electrons. The van der Waals surface area contributed by atoms with Crippen LogP contribution in [0.3, 0.4) is 0 Å². The van der Waals surface area contributed by atoms with Gasteiger partial charge in [0.25, 0.3) is 11.8 Å². The van der Waals surface area contributed by atoms with Crippen LogP contribution >= 0.6 is 11.6 Å². The fraction of sp³-hybridized carbons (Fsp3) is 0.188. The lowest BCUT2D eigenvalue weighted by molar-refractivity contribution is -0.125. The third kappa shape index (κ3) is 4.74. The van der Waals surface area contributed by atoms with Gasteiger partial charge in [-0.3, -0.25) is 20.4 Å². The number of carbonyl (C=O) groups is 3. The zero-order valence-corrected chi connectivity index (χ0v) is 14.3. The number of halogens is 1. The first-order valence-corrected chi connectivity index (χ1v) is 7.51. The Morgan fingerprint density at radius 3 is 2.60 bits per heavy atom. The summed E-state index contributed by atoms with van der Waals surface area (Å²) in [7, 11) is 3.08. The molecule has 0 aliphatic heterocycles. The fourth-order valence-corrected chi connectivity index (χ4v) is 2.14. The normalized spacial score (nSPS) is 10.0. The Bertz CT molecular complexity index is 803. The van der Waals surface area contributed by atoms with Crippen LogP contribution in [0, 0.1) is 0 Å². The number of benzene rings is 1. The molecule has 1 aromatic heterocycles. The molecule has 9 heteroatoms. The second-order valence-electron chi connectivity index (χ2n) is 4.93. The Balaban J connectivity index is 1.86. The van der Waals surface area contributed by atoms with Crippen molar-refractivity contribution in [3.8, 4) is 5.75 Å². The number of ether oxygens (including phenoxy) is 2. The van der Waals surface area contributed by atoms with Crippen molar-refractivity contribution < 1.29 is 23.9 Å². The first-order chi connectivity index (χ1) is 11.9. The minimum Gasteiger partial charge on any atom is -0.496 e. The molecule has 1 aromatic carbocycles. The van der Waals surface area contributed by atoms with E-state index in [1.54, 1.807) is 36.0 Å². The van der Waals surface area contributed by atoms with Gasteiger partial charge in [0.05, 0.1) is 12.7 Å². The van der Waals surface area contributed by atoms with Gasteiger partial charge in [0.2, 0.25) is 0 Å². The minimum absolute atomic E-state index is 0.149. The predicted molar refractivity (Wildman–Crippen MR) is 89.3 cm³/mol. The highest BCUT2D eigenvalue weighted by molar-refractivity contribution is 6.31. The van der Waals surface area contributed by atoms with Crippen molar-refractivity contribution in [2.75, 3.05) is 13.7 Å². The topological polar surface area (TPSA) is 98.7 Å². The molecule has 8 nitrogen and oxygen atoms in total. The molecular formula is C16H16ClN3O5. The molecule has 0 radical (unpaired) electrons. The van der Waals surface area contributed by atoms with Crippen molar-refractivity contribution in [1.82, 2.24) is 15.4 Å². The van der Waals surface area contributed by atoms with Gasteiger partial charge < -0.3 is 14.0 Å². The second-order valence-corrected chi connectivity index (χ2v) is 5.36. The van der Waals surface area contributed by atoms with Crippen molar-refractivity contribution in [2.45, 2.75) is 0 Å². The number of nitrogens with zero attached hydrogens (tertiary/aromatic N) is 1. The average Bonchev–Trinajstić information content (AvgIpc) is 3.03. The zero-order chi connectivity index (χ0) is 18.4. The summed E-state index contributed by atoms with van der Waals surface area (Å²) in [6.45, 7) is -0.545. The van der Waals surface area contributed by atoms with E-state index < -0.39 is 24.4 Å². The standard InChI is InChI=1S/C16H16ClN3O5/c1-20-7-3-4-12(20)16(23)25-9-14(21)18-19-15(22)11-8-10(17)5-6-13(11)24-2/h3-8H,9H2,1-2H3,(H,18,21)(H,19,22). The fourth-order valence-electron chi connectivity index (χ4n) is 1.97. The summed E-state index contributed by atoms with van der Waals surface area (Å²) in [4.78, 5) is 35.5. The van der Waals surface area contributed by atoms with E-state index in [4.69, 9.17) is 21.1 Å². The van der Waals surface area contributed by atoms with Gasteiger partial charge in [-0.2, -0.15) is 0 Å². The molecule has 2 aromatic rings. The molecule has 2 amide bonds. The first kappa shape index (κ1) is 18.3. The average molecular weight is 366 g/mol. The quantitative estimate of drug-likeness (QED) is 0.614. The van der Waals surface area contributed by atoms with Crippen LogP contribution in [0.15, 0.2) is 36.5 Å². The Morgan fingerprint density at radius 2 is 1.96 bits per heavy atom. The van der Waals surface area contributed by atoms with Crippen molar-refractivity contribution in [3.63, 3.8) is 0 Å². The summed E-state index contributed by atoms with van der Waals surface area (Å²) in [6.07, 6.45) is 1.68. The van der Waals surface area contributed by atoms with Crippen LogP contribution in [0.1, 0.15) is 20.8 Å². The van der Waals surface area contributed by atoms with Crippen LogP contribution in [0.4, 0.5) is 0 Å². The summed E-state index contributed by atoms with van der Waals surface area (Å²) in [5.41, 5.74) is 4.80. The molecular weight excluding hydrogens is 350 g/mol. The number of amides is 2. The minimum atomic E-state index is -0.697. The second kappa shape index (κ2) is 8.20. The molecule has 2 N–H and O–H groups in total. The third-order valence-electron chi connectivity index (χ3n) is 3.21. The smallest absolute Gasteiger partial charge is 0.355 e. The molecule has 0 spiro atoms. The molecule has 0 aliphatic carbocycles. The zero-order valence-electron chi connectivity index (χ0n) is 13.5. The van der Waals surface area contributed by atoms with E-state index in [1.165, 1.54) is 19.2 Å². The van der Waals surface area contributed by atoms with Crippen LogP contribution in [0.25, 0.3) is 0 Å². The number of hydrogen-bond acceptors (Lipinski definition) is 5. The Morgan fingerprint density at radius 1 is 1.20 bits per heavy atom. The maximum absolute atomic E-state index is 12.1. The van der Waals surface area contributed by atoms with Gasteiger partial charge in [0, 0.05) is 18.3 Å². The number of rotatable bonds is 5. The Labute approximate surface area is 148 Å². The van der Waals surface area contributed by atoms with Crippen LogP contribution in [-0.2, 0) is 16.6 Å². The molecule has 0 atom stereocenters. The van der Waals surface area contributed by atoms with Crippen LogP contribution in [0.2, 0.25) is 5.02 Å². The maximum Gasteiger partial charge on any atom is 0.355 e. The molecule has 25 heavy (non-hydrogen) atoms. The Hall–Kier alpha value is -3.00. The molecule has 0 fully saturated rings. The highest BCUT2D eigenvalue weighted by atomic mass is 35.5. The van der Waals surface area contributed by atoms with Gasteiger partial charge in [-0.05, 0) is 30.3 Å². The number of esters is 1. The van der Waals surface area contributed by atoms with Gasteiger partial charge in [0.1, 0.15) is 11.4 Å². The lowest BCUT2D eigenvalue weighted by atomic mass is 10.2. The largest absolute Gasteiger partial charge is 0.496 e. The van der Waals surface area contributed by atoms with Crippen molar-refractivity contribution in [3.05, 3.63) is 52.8 Å². The van der Waals surface area contributed by atoms with Crippen LogP contribution in [0.5, 0.6) is 5.75 Å². The monoisotopic (exact) mass is 365 g/mol. The van der Waals surface area contributed by atoms with Gasteiger partial charge in [-0.1, -0.05) is 11.6 Å². The van der Waals surface area contributed by atoms with E-state index in [1.807, 2.05) is 0 Å². The number of hydrogen-bond donors (Lipinski definition) is 2. The van der Waals surface area contributed by atoms with Crippen LogP contribution < -0.4 is 15.6 Å². The van der Waals surface area contributed by atoms with Crippen molar-refractivity contribution in [2.24, 2.45) is 7.05 Å². The number of methoxy groups -OCH3 is 1. The van der Waals surface area contributed by atoms with Gasteiger partial charge in [0.15, 0.2) is 6.61 Å². The van der Waals surface area contributed by atoms with Gasteiger partial charge in [-0.15, -0.1) is 0 Å². The molecule has 1 heterocycles. The summed E-state index contributed by atoms with van der Waals surface area (Å²) in [5.74, 6) is -1.67. The van der Waals surface area contributed by atoms with Gasteiger partial charge >= 0.3 is 5.97 Å². The highest BCUT2D eigenvalue weighted by Gasteiger charge is 2.15. The third-order valence-corrected chi connectivity index (χ3v) is 3.44. The Kier molecular flexibility index (Phi) is 6.02. The number of aromatic nitrogens is 1. The molecule has 0 bridgehead atoms. The van der Waals surface area contributed by atoms with E-state index in [9.17, 15) is 14.4 Å². The number of aryl methyl sites for hydroxylation is 1. The highest BCUT2D eigenvalue weighted by Crippen LogP contribution is 2.22. The SMILES string of the molecule is COc1ccc(Cl)cc1C(=O)NNC(=O)COC(=O)c1cccn1C. The molecule has 0 saturated heterocycles. The van der Waals surface area contributed by atoms with E-state index in [0.717, 1.165) is 0 Å². The molecule has 0 saturated carbocycles. The van der Waals surface area contributed by atoms with E-state index in [-0.39, 0.29) is 5.56 Å². The lowest BCUT2D eigenvalue weighted by Crippen LogP contribution is -2.43. The van der Waals surface area contributed by atoms with Gasteiger partial charge in [-0.25, -0.2) is 4.79 Å². The summed E-state index contributed by atoms with van der Waals surface area (Å²) in [6, 6.07) is 7.74. The molecule has 0 aliphatic rings. The summed E-state index contributed by atoms with van der Waals surface area (Å²) < 4.78 is 11.5. The molecule has 2 rings (SSSR count). The molecule has 0 unspecified atom stereocenters. The summed E-state index contributed by atoms with van der Waals surface area (Å²) >= 11 is 5.84. The van der Waals surface area contributed by atoms with E-state index >= 15 is 0 Å². The van der Waals surface area contributed by atoms with Crippen molar-refractivity contribution >= 4 is 29.4 Å². The number of nitrogens with one attached hydrogen (secondary N) is 2. The van der Waals surface area contributed by atoms with Crippen LogP contribution in [-0.4, -0.2) is 36.1 Å². The lowest BCUT2D eigenvalue weighted by Gasteiger charge is -2.11. The summed E-state index contributed by atoms with van der Waals surface area (Å²) in [5, 5.41) is 0.341.